The Morgan fingerprint density at radius 1 is 1.35 bits per heavy atom. The Hall–Kier alpha value is -1.75. The number of benzene rings is 1. The van der Waals surface area contributed by atoms with E-state index in [0.29, 0.717) is 23.8 Å². The van der Waals surface area contributed by atoms with Crippen molar-refractivity contribution in [3.63, 3.8) is 0 Å². The zero-order chi connectivity index (χ0) is 19.5. The van der Waals surface area contributed by atoms with Crippen LogP contribution in [0.25, 0.3) is 0 Å². The molecule has 1 N–H and O–H groups in total. The lowest BCUT2D eigenvalue weighted by Crippen LogP contribution is -2.53. The summed E-state index contributed by atoms with van der Waals surface area (Å²) in [7, 11) is 1.57. The highest BCUT2D eigenvalue weighted by Crippen LogP contribution is 2.50. The smallest absolute Gasteiger partial charge is 0.313 e. The number of carbonyl (C=O) groups is 2. The molecule has 6 heteroatoms. The first-order valence-electron chi connectivity index (χ1n) is 8.98. The fourth-order valence-electron chi connectivity index (χ4n) is 3.18. The van der Waals surface area contributed by atoms with Gasteiger partial charge in [0.15, 0.2) is 0 Å². The summed E-state index contributed by atoms with van der Waals surface area (Å²) in [6.45, 7) is 7.67. The number of methoxy groups -OCH3 is 1. The van der Waals surface area contributed by atoms with E-state index in [2.05, 4.69) is 5.32 Å². The summed E-state index contributed by atoms with van der Waals surface area (Å²) in [5.41, 5.74) is -0.294. The summed E-state index contributed by atoms with van der Waals surface area (Å²) < 4.78 is 10.3. The number of rotatable bonds is 8. The highest BCUT2D eigenvalue weighted by molar-refractivity contribution is 6.32. The van der Waals surface area contributed by atoms with Crippen LogP contribution >= 0.6 is 11.6 Å². The van der Waals surface area contributed by atoms with Crippen LogP contribution in [-0.4, -0.2) is 31.1 Å². The Labute approximate surface area is 160 Å². The van der Waals surface area contributed by atoms with E-state index >= 15 is 0 Å². The van der Waals surface area contributed by atoms with E-state index in [1.165, 1.54) is 0 Å². The number of hydrogen-bond acceptors (Lipinski definition) is 4. The molecule has 1 aliphatic carbocycles. The normalized spacial score (nSPS) is 16.5. The van der Waals surface area contributed by atoms with E-state index in [-0.39, 0.29) is 17.8 Å². The predicted molar refractivity (Wildman–Crippen MR) is 101 cm³/mol. The third kappa shape index (κ3) is 4.14. The lowest BCUT2D eigenvalue weighted by molar-refractivity contribution is -0.156. The number of halogens is 1. The summed E-state index contributed by atoms with van der Waals surface area (Å²) in [4.78, 5) is 25.0. The van der Waals surface area contributed by atoms with Crippen LogP contribution in [0.3, 0.4) is 0 Å². The molecule has 144 valence electrons. The van der Waals surface area contributed by atoms with Crippen LogP contribution in [0.5, 0.6) is 5.75 Å². The minimum absolute atomic E-state index is 0.0631. The average Bonchev–Trinajstić information content (AvgIpc) is 3.36. The maximum atomic E-state index is 12.7. The van der Waals surface area contributed by atoms with Crippen LogP contribution < -0.4 is 10.1 Å². The fraction of sp³-hybridized carbons (Fsp3) is 0.600. The van der Waals surface area contributed by atoms with Crippen molar-refractivity contribution < 1.29 is 19.1 Å². The van der Waals surface area contributed by atoms with Crippen LogP contribution in [-0.2, 0) is 20.7 Å². The molecule has 1 fully saturated rings. The van der Waals surface area contributed by atoms with Crippen molar-refractivity contribution in [2.24, 2.45) is 11.3 Å². The molecule has 1 amide bonds. The summed E-state index contributed by atoms with van der Waals surface area (Å²) in [5, 5.41) is 3.63. The highest BCUT2D eigenvalue weighted by atomic mass is 35.5. The van der Waals surface area contributed by atoms with Crippen LogP contribution in [0, 0.1) is 11.3 Å². The number of amides is 1. The van der Waals surface area contributed by atoms with Gasteiger partial charge in [-0.3, -0.25) is 9.59 Å². The van der Waals surface area contributed by atoms with Gasteiger partial charge in [0, 0.05) is 5.92 Å². The van der Waals surface area contributed by atoms with Crippen LogP contribution in [0.1, 0.15) is 46.1 Å². The summed E-state index contributed by atoms with van der Waals surface area (Å²) >= 11 is 6.16. The van der Waals surface area contributed by atoms with E-state index in [1.807, 2.05) is 32.9 Å². The van der Waals surface area contributed by atoms with Gasteiger partial charge in [0.05, 0.1) is 29.7 Å². The molecule has 1 saturated carbocycles. The molecule has 1 atom stereocenters. The molecule has 0 saturated heterocycles. The predicted octanol–water partition coefficient (Wildman–Crippen LogP) is 3.77. The first-order chi connectivity index (χ1) is 12.2. The average molecular weight is 382 g/mol. The van der Waals surface area contributed by atoms with Gasteiger partial charge >= 0.3 is 5.97 Å². The van der Waals surface area contributed by atoms with Gasteiger partial charge in [-0.1, -0.05) is 24.6 Å². The lowest BCUT2D eigenvalue weighted by atomic mass is 9.81. The third-order valence-corrected chi connectivity index (χ3v) is 5.60. The molecule has 5 nitrogen and oxygen atoms in total. The molecule has 0 spiro atoms. The maximum absolute atomic E-state index is 12.7. The second-order valence-corrected chi connectivity index (χ2v) is 7.90. The van der Waals surface area contributed by atoms with Gasteiger partial charge < -0.3 is 14.8 Å². The second kappa shape index (κ2) is 7.87. The summed E-state index contributed by atoms with van der Waals surface area (Å²) in [5.74, 6) is 0.0368. The topological polar surface area (TPSA) is 64.6 Å². The third-order valence-electron chi connectivity index (χ3n) is 5.30. The first kappa shape index (κ1) is 20.6. The van der Waals surface area contributed by atoms with Gasteiger partial charge in [-0.2, -0.15) is 0 Å². The monoisotopic (exact) mass is 381 g/mol. The quantitative estimate of drug-likeness (QED) is 0.696. The Bertz CT molecular complexity index is 682. The minimum atomic E-state index is -0.748. The zero-order valence-corrected chi connectivity index (χ0v) is 16.9. The highest BCUT2D eigenvalue weighted by Gasteiger charge is 2.60. The fourth-order valence-corrected chi connectivity index (χ4v) is 3.46. The van der Waals surface area contributed by atoms with Gasteiger partial charge in [0.25, 0.3) is 0 Å². The molecule has 2 rings (SSSR count). The van der Waals surface area contributed by atoms with E-state index in [1.54, 1.807) is 20.1 Å². The Morgan fingerprint density at radius 2 is 2.00 bits per heavy atom. The molecule has 1 aromatic rings. The second-order valence-electron chi connectivity index (χ2n) is 7.49. The number of ether oxygens (including phenoxy) is 2. The minimum Gasteiger partial charge on any atom is -0.495 e. The number of nitrogens with one attached hydrogen (secondary N) is 1. The number of esters is 1. The molecule has 0 aliphatic heterocycles. The van der Waals surface area contributed by atoms with Crippen LogP contribution in [0.15, 0.2) is 18.2 Å². The van der Waals surface area contributed by atoms with Crippen molar-refractivity contribution in [1.29, 1.82) is 0 Å². The van der Waals surface area contributed by atoms with E-state index in [4.69, 9.17) is 21.1 Å². The van der Waals surface area contributed by atoms with Gasteiger partial charge in [-0.05, 0) is 57.7 Å². The van der Waals surface area contributed by atoms with E-state index < -0.39 is 11.0 Å². The summed E-state index contributed by atoms with van der Waals surface area (Å²) in [6.07, 6.45) is 2.13. The van der Waals surface area contributed by atoms with Crippen molar-refractivity contribution in [3.8, 4) is 5.75 Å². The summed E-state index contributed by atoms with van der Waals surface area (Å²) in [6, 6.07) is 5.53. The van der Waals surface area contributed by atoms with Gasteiger partial charge in [-0.15, -0.1) is 0 Å². The first-order valence-corrected chi connectivity index (χ1v) is 9.36. The molecular weight excluding hydrogens is 354 g/mol. The SMILES string of the molecule is CCOC(=O)C(C)(C)C1(NC(=O)[C@H](C)Cc2ccc(OC)c(Cl)c2)CC1. The molecule has 0 aromatic heterocycles. The zero-order valence-electron chi connectivity index (χ0n) is 16.1. The molecule has 26 heavy (non-hydrogen) atoms. The van der Waals surface area contributed by atoms with Crippen molar-refractivity contribution in [1.82, 2.24) is 5.32 Å². The largest absolute Gasteiger partial charge is 0.495 e. The van der Waals surface area contributed by atoms with Crippen molar-refractivity contribution in [3.05, 3.63) is 28.8 Å². The van der Waals surface area contributed by atoms with Crippen molar-refractivity contribution in [2.45, 2.75) is 52.5 Å². The van der Waals surface area contributed by atoms with Gasteiger partial charge in [0.1, 0.15) is 5.75 Å². The van der Waals surface area contributed by atoms with E-state index in [0.717, 1.165) is 18.4 Å². The van der Waals surface area contributed by atoms with Crippen LogP contribution in [0.4, 0.5) is 0 Å². The molecule has 0 unspecified atom stereocenters. The molecular formula is C20H28ClNO4. The van der Waals surface area contributed by atoms with Gasteiger partial charge in [-0.25, -0.2) is 0 Å². The van der Waals surface area contributed by atoms with Gasteiger partial charge in [0.2, 0.25) is 5.91 Å². The molecule has 1 aromatic carbocycles. The molecule has 0 bridgehead atoms. The van der Waals surface area contributed by atoms with E-state index in [9.17, 15) is 9.59 Å². The number of carbonyl (C=O) groups excluding carboxylic acids is 2. The Morgan fingerprint density at radius 3 is 2.50 bits per heavy atom. The Kier molecular flexibility index (Phi) is 6.22. The lowest BCUT2D eigenvalue weighted by Gasteiger charge is -2.34. The molecule has 1 aliphatic rings. The van der Waals surface area contributed by atoms with Crippen LogP contribution in [0.2, 0.25) is 5.02 Å². The maximum Gasteiger partial charge on any atom is 0.313 e. The number of hydrogen-bond donors (Lipinski definition) is 1. The molecule has 0 heterocycles. The molecule has 0 radical (unpaired) electrons. The standard InChI is InChI=1S/C20H28ClNO4/c1-6-26-18(24)19(3,4)20(9-10-20)22-17(23)13(2)11-14-7-8-16(25-5)15(21)12-14/h7-8,12-13H,6,9-11H2,1-5H3,(H,22,23)/t13-/m1/s1. The Balaban J connectivity index is 2.03. The van der Waals surface area contributed by atoms with Crippen molar-refractivity contribution in [2.75, 3.05) is 13.7 Å². The van der Waals surface area contributed by atoms with Crippen molar-refractivity contribution >= 4 is 23.5 Å².